The number of hydrogen-bond donors (Lipinski definition) is 1. The van der Waals surface area contributed by atoms with Gasteiger partial charge in [0.05, 0.1) is 11.9 Å². The highest BCUT2D eigenvalue weighted by Crippen LogP contribution is 2.23. The van der Waals surface area contributed by atoms with Gasteiger partial charge in [0, 0.05) is 22.6 Å². The van der Waals surface area contributed by atoms with Crippen LogP contribution in [0.2, 0.25) is 10.0 Å². The maximum Gasteiger partial charge on any atom is 0.244 e. The molecule has 0 spiro atoms. The molecule has 0 radical (unpaired) electrons. The predicted octanol–water partition coefficient (Wildman–Crippen LogP) is 4.63. The van der Waals surface area contributed by atoms with E-state index in [0.29, 0.717) is 10.0 Å². The zero-order valence-electron chi connectivity index (χ0n) is 19.9. The summed E-state index contributed by atoms with van der Waals surface area (Å²) in [6, 6.07) is 12.6. The highest BCUT2D eigenvalue weighted by atomic mass is 35.5. The Balaban J connectivity index is 1.86. The molecule has 1 aliphatic rings. The molecule has 190 valence electrons. The van der Waals surface area contributed by atoms with Gasteiger partial charge in [0.2, 0.25) is 21.8 Å². The number of nitrogens with one attached hydrogen (secondary N) is 1. The van der Waals surface area contributed by atoms with Gasteiger partial charge in [-0.2, -0.15) is 0 Å². The van der Waals surface area contributed by atoms with E-state index < -0.39 is 28.5 Å². The van der Waals surface area contributed by atoms with Crippen molar-refractivity contribution in [2.75, 3.05) is 17.1 Å². The summed E-state index contributed by atoms with van der Waals surface area (Å²) in [5.74, 6) is -0.760. The molecule has 7 nitrogen and oxygen atoms in total. The van der Waals surface area contributed by atoms with Crippen molar-refractivity contribution in [2.24, 2.45) is 0 Å². The second kappa shape index (κ2) is 12.1. The van der Waals surface area contributed by atoms with Gasteiger partial charge in [-0.1, -0.05) is 60.7 Å². The van der Waals surface area contributed by atoms with E-state index in [-0.39, 0.29) is 24.2 Å². The molecule has 1 atom stereocenters. The van der Waals surface area contributed by atoms with Gasteiger partial charge in [0.15, 0.2) is 0 Å². The Hall–Kier alpha value is -2.29. The number of amides is 2. The number of carbonyl (C=O) groups is 2. The third kappa shape index (κ3) is 7.85. The highest BCUT2D eigenvalue weighted by Gasteiger charge is 2.31. The van der Waals surface area contributed by atoms with E-state index in [9.17, 15) is 18.0 Å². The lowest BCUT2D eigenvalue weighted by atomic mass is 9.95. The molecular formula is C25H31Cl2N3O4S. The minimum atomic E-state index is -3.80. The quantitative estimate of drug-likeness (QED) is 0.503. The Kier molecular flexibility index (Phi) is 9.44. The first-order valence-corrected chi connectivity index (χ1v) is 14.2. The molecule has 10 heteroatoms. The van der Waals surface area contributed by atoms with Gasteiger partial charge in [-0.05, 0) is 55.7 Å². The minimum Gasteiger partial charge on any atom is -0.352 e. The zero-order chi connectivity index (χ0) is 25.6. The lowest BCUT2D eigenvalue weighted by Gasteiger charge is -2.33. The first-order chi connectivity index (χ1) is 16.5. The Labute approximate surface area is 217 Å². The molecule has 0 aromatic heterocycles. The van der Waals surface area contributed by atoms with E-state index in [0.717, 1.165) is 48.2 Å². The first-order valence-electron chi connectivity index (χ1n) is 11.6. The van der Waals surface area contributed by atoms with Gasteiger partial charge in [-0.25, -0.2) is 8.42 Å². The van der Waals surface area contributed by atoms with Crippen LogP contribution >= 0.6 is 23.2 Å². The van der Waals surface area contributed by atoms with Crippen molar-refractivity contribution in [1.82, 2.24) is 10.2 Å². The molecule has 0 aliphatic heterocycles. The van der Waals surface area contributed by atoms with Gasteiger partial charge in [0.1, 0.15) is 12.6 Å². The van der Waals surface area contributed by atoms with E-state index in [1.54, 1.807) is 49.4 Å². The van der Waals surface area contributed by atoms with Gasteiger partial charge < -0.3 is 10.2 Å². The topological polar surface area (TPSA) is 86.8 Å². The molecule has 3 rings (SSSR count). The zero-order valence-corrected chi connectivity index (χ0v) is 22.2. The summed E-state index contributed by atoms with van der Waals surface area (Å²) in [6.07, 6.45) is 6.16. The van der Waals surface area contributed by atoms with Crippen molar-refractivity contribution in [2.45, 2.75) is 57.7 Å². The number of carbonyl (C=O) groups excluding carboxylic acids is 2. The second-order valence-electron chi connectivity index (χ2n) is 8.92. The van der Waals surface area contributed by atoms with E-state index in [1.807, 2.05) is 0 Å². The maximum absolute atomic E-state index is 13.5. The molecule has 35 heavy (non-hydrogen) atoms. The average molecular weight is 541 g/mol. The number of nitrogens with zero attached hydrogens (tertiary/aromatic N) is 2. The Morgan fingerprint density at radius 3 is 2.29 bits per heavy atom. The number of hydrogen-bond acceptors (Lipinski definition) is 4. The molecule has 0 bridgehead atoms. The van der Waals surface area contributed by atoms with Gasteiger partial charge in [-0.3, -0.25) is 13.9 Å². The van der Waals surface area contributed by atoms with Gasteiger partial charge in [0.25, 0.3) is 0 Å². The molecule has 2 aromatic rings. The van der Waals surface area contributed by atoms with Gasteiger partial charge >= 0.3 is 0 Å². The molecule has 1 aliphatic carbocycles. The first kappa shape index (κ1) is 27.3. The molecule has 2 amide bonds. The summed E-state index contributed by atoms with van der Waals surface area (Å²) in [7, 11) is -3.80. The van der Waals surface area contributed by atoms with Crippen LogP contribution in [0.5, 0.6) is 0 Å². The van der Waals surface area contributed by atoms with Crippen LogP contribution in [-0.4, -0.2) is 50.0 Å². The normalized spacial score (nSPS) is 15.3. The van der Waals surface area contributed by atoms with Crippen LogP contribution in [0.4, 0.5) is 5.69 Å². The molecular weight excluding hydrogens is 509 g/mol. The summed E-state index contributed by atoms with van der Waals surface area (Å²) >= 11 is 12.1. The molecule has 0 saturated heterocycles. The smallest absolute Gasteiger partial charge is 0.244 e. The van der Waals surface area contributed by atoms with Crippen LogP contribution in [0.3, 0.4) is 0 Å². The summed E-state index contributed by atoms with van der Waals surface area (Å²) in [4.78, 5) is 28.1. The lowest BCUT2D eigenvalue weighted by molar-refractivity contribution is -0.139. The second-order valence-corrected chi connectivity index (χ2v) is 11.7. The monoisotopic (exact) mass is 539 g/mol. The predicted molar refractivity (Wildman–Crippen MR) is 140 cm³/mol. The number of anilines is 1. The van der Waals surface area contributed by atoms with Crippen LogP contribution < -0.4 is 9.62 Å². The van der Waals surface area contributed by atoms with Crippen LogP contribution in [0.25, 0.3) is 0 Å². The average Bonchev–Trinajstić information content (AvgIpc) is 2.81. The van der Waals surface area contributed by atoms with E-state index in [2.05, 4.69) is 5.32 Å². The molecule has 0 heterocycles. The molecule has 1 saturated carbocycles. The van der Waals surface area contributed by atoms with Gasteiger partial charge in [-0.15, -0.1) is 0 Å². The SMILES string of the molecule is C[C@@H](C(=O)NC1CCCCC1)N(Cc1ccc(Cl)cc1)C(=O)CN(c1cccc(Cl)c1)S(C)(=O)=O. The Bertz CT molecular complexity index is 1140. The van der Waals surface area contributed by atoms with E-state index in [1.165, 1.54) is 11.0 Å². The fourth-order valence-electron chi connectivity index (χ4n) is 4.18. The number of rotatable bonds is 9. The molecule has 1 fully saturated rings. The minimum absolute atomic E-state index is 0.0881. The third-order valence-corrected chi connectivity index (χ3v) is 7.79. The number of sulfonamides is 1. The number of halogens is 2. The molecule has 2 aromatic carbocycles. The molecule has 1 N–H and O–H groups in total. The highest BCUT2D eigenvalue weighted by molar-refractivity contribution is 7.92. The fourth-order valence-corrected chi connectivity index (χ4v) is 5.33. The molecule has 0 unspecified atom stereocenters. The lowest BCUT2D eigenvalue weighted by Crippen LogP contribution is -2.52. The van der Waals surface area contributed by atoms with Crippen LogP contribution in [-0.2, 0) is 26.2 Å². The van der Waals surface area contributed by atoms with Crippen molar-refractivity contribution in [3.63, 3.8) is 0 Å². The number of benzene rings is 2. The van der Waals surface area contributed by atoms with Crippen molar-refractivity contribution in [3.05, 3.63) is 64.1 Å². The van der Waals surface area contributed by atoms with Crippen molar-refractivity contribution in [3.8, 4) is 0 Å². The fraction of sp³-hybridized carbons (Fsp3) is 0.440. The Morgan fingerprint density at radius 1 is 1.03 bits per heavy atom. The van der Waals surface area contributed by atoms with E-state index >= 15 is 0 Å². The van der Waals surface area contributed by atoms with Crippen molar-refractivity contribution >= 4 is 50.7 Å². The van der Waals surface area contributed by atoms with Crippen LogP contribution in [0, 0.1) is 0 Å². The van der Waals surface area contributed by atoms with Crippen LogP contribution in [0.1, 0.15) is 44.6 Å². The summed E-state index contributed by atoms with van der Waals surface area (Å²) in [6.45, 7) is 1.33. The largest absolute Gasteiger partial charge is 0.352 e. The Morgan fingerprint density at radius 2 is 1.69 bits per heavy atom. The summed E-state index contributed by atoms with van der Waals surface area (Å²) in [5, 5.41) is 3.97. The van der Waals surface area contributed by atoms with Crippen LogP contribution in [0.15, 0.2) is 48.5 Å². The van der Waals surface area contributed by atoms with Crippen molar-refractivity contribution < 1.29 is 18.0 Å². The summed E-state index contributed by atoms with van der Waals surface area (Å²) < 4.78 is 26.2. The van der Waals surface area contributed by atoms with E-state index in [4.69, 9.17) is 23.2 Å². The maximum atomic E-state index is 13.5. The standard InChI is InChI=1S/C25H31Cl2N3O4S/c1-18(25(32)28-22-8-4-3-5-9-22)29(16-19-11-13-20(26)14-12-19)24(31)17-30(35(2,33)34)23-10-6-7-21(27)15-23/h6-7,10-15,18,22H,3-5,8-9,16-17H2,1-2H3,(H,28,32)/t18-/m0/s1. The summed E-state index contributed by atoms with van der Waals surface area (Å²) in [5.41, 5.74) is 1.05. The van der Waals surface area contributed by atoms with Crippen molar-refractivity contribution in [1.29, 1.82) is 0 Å². The third-order valence-electron chi connectivity index (χ3n) is 6.16.